The predicted octanol–water partition coefficient (Wildman–Crippen LogP) is 1.06. The summed E-state index contributed by atoms with van der Waals surface area (Å²) in [6, 6.07) is -0.179. The van der Waals surface area contributed by atoms with Crippen molar-refractivity contribution in [2.45, 2.75) is 51.7 Å². The maximum absolute atomic E-state index is 12.0. The molecule has 0 radical (unpaired) electrons. The molecule has 1 heterocycles. The van der Waals surface area contributed by atoms with E-state index in [-0.39, 0.29) is 18.1 Å². The second-order valence-corrected chi connectivity index (χ2v) is 5.48. The van der Waals surface area contributed by atoms with E-state index < -0.39 is 0 Å². The van der Waals surface area contributed by atoms with E-state index in [4.69, 9.17) is 4.74 Å². The molecule has 1 saturated heterocycles. The van der Waals surface area contributed by atoms with Crippen molar-refractivity contribution in [1.82, 2.24) is 10.6 Å². The molecule has 0 aromatic heterocycles. The fourth-order valence-electron chi connectivity index (χ4n) is 2.63. The Labute approximate surface area is 103 Å². The molecule has 2 aliphatic rings. The maximum atomic E-state index is 12.0. The van der Waals surface area contributed by atoms with Crippen LogP contribution in [0.3, 0.4) is 0 Å². The van der Waals surface area contributed by atoms with Gasteiger partial charge < -0.3 is 15.4 Å². The molecular weight excluding hydrogens is 216 g/mol. The lowest BCUT2D eigenvalue weighted by Crippen LogP contribution is -2.56. The molecule has 4 heteroatoms. The number of hydrogen-bond donors (Lipinski definition) is 2. The Bertz CT molecular complexity index is 277. The molecule has 4 nitrogen and oxygen atoms in total. The number of carbonyl (C=O) groups excluding carboxylic acids is 1. The highest BCUT2D eigenvalue weighted by molar-refractivity contribution is 5.82. The summed E-state index contributed by atoms with van der Waals surface area (Å²) in [6.45, 7) is 6.47. The monoisotopic (exact) mass is 240 g/mol. The third kappa shape index (κ3) is 3.19. The van der Waals surface area contributed by atoms with E-state index in [1.165, 1.54) is 25.7 Å². The highest BCUT2D eigenvalue weighted by atomic mass is 16.5. The van der Waals surface area contributed by atoms with Crippen LogP contribution in [-0.2, 0) is 9.53 Å². The lowest BCUT2D eigenvalue weighted by Gasteiger charge is -2.29. The van der Waals surface area contributed by atoms with E-state index in [1.54, 1.807) is 0 Å². The second kappa shape index (κ2) is 5.36. The molecule has 17 heavy (non-hydrogen) atoms. The van der Waals surface area contributed by atoms with Crippen LogP contribution in [0, 0.1) is 5.41 Å². The molecule has 2 fully saturated rings. The highest BCUT2D eigenvalue weighted by Crippen LogP contribution is 2.48. The van der Waals surface area contributed by atoms with Crippen LogP contribution in [0.2, 0.25) is 0 Å². The third-order valence-corrected chi connectivity index (χ3v) is 3.97. The van der Waals surface area contributed by atoms with Gasteiger partial charge in [0, 0.05) is 13.1 Å². The van der Waals surface area contributed by atoms with Crippen molar-refractivity contribution in [3.8, 4) is 0 Å². The minimum atomic E-state index is -0.179. The molecule has 98 valence electrons. The Morgan fingerprint density at radius 2 is 2.29 bits per heavy atom. The normalized spacial score (nSPS) is 30.9. The Kier molecular flexibility index (Phi) is 4.05. The van der Waals surface area contributed by atoms with E-state index in [2.05, 4.69) is 17.6 Å². The molecule has 0 bridgehead atoms. The predicted molar refractivity (Wildman–Crippen MR) is 66.8 cm³/mol. The zero-order valence-electron chi connectivity index (χ0n) is 10.9. The van der Waals surface area contributed by atoms with Gasteiger partial charge in [-0.05, 0) is 31.6 Å². The summed E-state index contributed by atoms with van der Waals surface area (Å²) in [6.07, 6.45) is 4.95. The summed E-state index contributed by atoms with van der Waals surface area (Å²) in [5.41, 5.74) is 0.420. The van der Waals surface area contributed by atoms with Crippen LogP contribution in [0.1, 0.15) is 39.5 Å². The van der Waals surface area contributed by atoms with Crippen LogP contribution < -0.4 is 10.6 Å². The van der Waals surface area contributed by atoms with Crippen molar-refractivity contribution in [3.05, 3.63) is 0 Å². The molecule has 0 spiro atoms. The van der Waals surface area contributed by atoms with Crippen molar-refractivity contribution in [1.29, 1.82) is 0 Å². The molecule has 2 N–H and O–H groups in total. The molecule has 1 aliphatic carbocycles. The Hall–Kier alpha value is -0.610. The molecule has 1 amide bonds. The Morgan fingerprint density at radius 3 is 2.88 bits per heavy atom. The first-order chi connectivity index (χ1) is 8.17. The van der Waals surface area contributed by atoms with Crippen molar-refractivity contribution >= 4 is 5.91 Å². The Balaban J connectivity index is 1.77. The topological polar surface area (TPSA) is 50.4 Å². The highest BCUT2D eigenvalue weighted by Gasteiger charge is 2.42. The van der Waals surface area contributed by atoms with Crippen LogP contribution in [0.4, 0.5) is 0 Å². The van der Waals surface area contributed by atoms with Crippen molar-refractivity contribution in [2.75, 3.05) is 19.7 Å². The first-order valence-electron chi connectivity index (χ1n) is 6.79. The number of nitrogens with one attached hydrogen (secondary N) is 2. The molecular formula is C13H24N2O2. The van der Waals surface area contributed by atoms with Gasteiger partial charge >= 0.3 is 0 Å². The molecule has 2 atom stereocenters. The largest absolute Gasteiger partial charge is 0.375 e. The fraction of sp³-hybridized carbons (Fsp3) is 0.923. The van der Waals surface area contributed by atoms with Crippen LogP contribution in [0.5, 0.6) is 0 Å². The third-order valence-electron chi connectivity index (χ3n) is 3.97. The number of rotatable bonds is 5. The van der Waals surface area contributed by atoms with Crippen LogP contribution >= 0.6 is 0 Å². The summed E-state index contributed by atoms with van der Waals surface area (Å²) < 4.78 is 5.48. The van der Waals surface area contributed by atoms with Gasteiger partial charge in [0.25, 0.3) is 0 Å². The summed E-state index contributed by atoms with van der Waals surface area (Å²) >= 11 is 0. The first kappa shape index (κ1) is 12.8. The van der Waals surface area contributed by atoms with Crippen LogP contribution in [-0.4, -0.2) is 37.7 Å². The standard InChI is InChI=1S/C13H24N2O2/c1-3-4-13(5-6-13)9-15-12(16)11-10(2)17-8-7-14-11/h10-11,14H,3-9H2,1-2H3,(H,15,16)/t10-,11+/m1/s1. The van der Waals surface area contributed by atoms with Gasteiger partial charge in [0.15, 0.2) is 0 Å². The zero-order valence-corrected chi connectivity index (χ0v) is 10.9. The quantitative estimate of drug-likeness (QED) is 0.755. The minimum absolute atomic E-state index is 0.0231. The van der Waals surface area contributed by atoms with E-state index in [0.29, 0.717) is 12.0 Å². The van der Waals surface area contributed by atoms with E-state index in [9.17, 15) is 4.79 Å². The average Bonchev–Trinajstić information content (AvgIpc) is 3.08. The summed E-state index contributed by atoms with van der Waals surface area (Å²) in [5.74, 6) is 0.0968. The van der Waals surface area contributed by atoms with Crippen molar-refractivity contribution in [2.24, 2.45) is 5.41 Å². The van der Waals surface area contributed by atoms with Crippen molar-refractivity contribution < 1.29 is 9.53 Å². The lowest BCUT2D eigenvalue weighted by molar-refractivity contribution is -0.129. The van der Waals surface area contributed by atoms with Gasteiger partial charge in [0.05, 0.1) is 12.7 Å². The van der Waals surface area contributed by atoms with Gasteiger partial charge in [-0.15, -0.1) is 0 Å². The summed E-state index contributed by atoms with van der Waals surface area (Å²) in [4.78, 5) is 12.0. The lowest BCUT2D eigenvalue weighted by atomic mass is 10.0. The number of ether oxygens (including phenoxy) is 1. The van der Waals surface area contributed by atoms with Gasteiger partial charge in [-0.25, -0.2) is 0 Å². The summed E-state index contributed by atoms with van der Waals surface area (Å²) in [7, 11) is 0. The number of amides is 1. The number of hydrogen-bond acceptors (Lipinski definition) is 3. The van der Waals surface area contributed by atoms with E-state index in [1.807, 2.05) is 6.92 Å². The molecule has 0 aromatic rings. The molecule has 2 rings (SSSR count). The van der Waals surface area contributed by atoms with Crippen LogP contribution in [0.25, 0.3) is 0 Å². The van der Waals surface area contributed by atoms with Gasteiger partial charge in [-0.2, -0.15) is 0 Å². The fourth-order valence-corrected chi connectivity index (χ4v) is 2.63. The van der Waals surface area contributed by atoms with Gasteiger partial charge in [0.1, 0.15) is 6.04 Å². The molecule has 0 unspecified atom stereocenters. The summed E-state index contributed by atoms with van der Waals surface area (Å²) in [5, 5.41) is 6.31. The molecule has 1 saturated carbocycles. The second-order valence-electron chi connectivity index (χ2n) is 5.48. The molecule has 0 aromatic carbocycles. The van der Waals surface area contributed by atoms with E-state index >= 15 is 0 Å². The number of carbonyl (C=O) groups is 1. The van der Waals surface area contributed by atoms with Gasteiger partial charge in [-0.1, -0.05) is 13.3 Å². The average molecular weight is 240 g/mol. The molecule has 1 aliphatic heterocycles. The van der Waals surface area contributed by atoms with Gasteiger partial charge in [-0.3, -0.25) is 4.79 Å². The minimum Gasteiger partial charge on any atom is -0.375 e. The smallest absolute Gasteiger partial charge is 0.239 e. The first-order valence-corrected chi connectivity index (χ1v) is 6.79. The van der Waals surface area contributed by atoms with Gasteiger partial charge in [0.2, 0.25) is 5.91 Å². The zero-order chi connectivity index (χ0) is 12.3. The Morgan fingerprint density at radius 1 is 1.53 bits per heavy atom. The number of morpholine rings is 1. The van der Waals surface area contributed by atoms with Crippen LogP contribution in [0.15, 0.2) is 0 Å². The van der Waals surface area contributed by atoms with Crippen molar-refractivity contribution in [3.63, 3.8) is 0 Å². The SMILES string of the molecule is CCCC1(CNC(=O)[C@H]2NCCO[C@@H]2C)CC1. The van der Waals surface area contributed by atoms with E-state index in [0.717, 1.165) is 13.1 Å². The maximum Gasteiger partial charge on any atom is 0.239 e.